The monoisotopic (exact) mass is 916 g/mol. The van der Waals surface area contributed by atoms with E-state index in [1.54, 1.807) is 58.0 Å². The molecule has 5 rings (SSSR count). The molecule has 20 nitrogen and oxygen atoms in total. The zero-order valence-electron chi connectivity index (χ0n) is 38.7. The van der Waals surface area contributed by atoms with E-state index in [-0.39, 0.29) is 37.7 Å². The zero-order chi connectivity index (χ0) is 48.1. The molecule has 2 aromatic rings. The molecule has 358 valence electrons. The van der Waals surface area contributed by atoms with Gasteiger partial charge in [-0.25, -0.2) is 9.78 Å². The van der Waals surface area contributed by atoms with Crippen molar-refractivity contribution >= 4 is 53.2 Å². The summed E-state index contributed by atoms with van der Waals surface area (Å²) in [4.78, 5) is 134. The molecule has 0 unspecified atom stereocenters. The maximum absolute atomic E-state index is 14.4. The summed E-state index contributed by atoms with van der Waals surface area (Å²) in [6.07, 6.45) is 8.87. The Bertz CT molecular complexity index is 2080. The number of benzene rings is 1. The number of likely N-dealkylation sites (tertiary alicyclic amines) is 2. The molecule has 1 aromatic carbocycles. The average molecular weight is 917 g/mol. The summed E-state index contributed by atoms with van der Waals surface area (Å²) in [5.41, 5.74) is -0.312. The molecule has 20 heteroatoms. The molecule has 66 heavy (non-hydrogen) atoms. The Morgan fingerprint density at radius 1 is 0.864 bits per heavy atom. The fourth-order valence-corrected chi connectivity index (χ4v) is 8.58. The first-order valence-corrected chi connectivity index (χ1v) is 22.7. The van der Waals surface area contributed by atoms with Crippen LogP contribution >= 0.6 is 0 Å². The van der Waals surface area contributed by atoms with Crippen molar-refractivity contribution < 1.29 is 47.9 Å². The van der Waals surface area contributed by atoms with Gasteiger partial charge in [-0.1, -0.05) is 62.9 Å². The van der Waals surface area contributed by atoms with Crippen molar-refractivity contribution in [3.05, 3.63) is 60.2 Å². The van der Waals surface area contributed by atoms with Crippen molar-refractivity contribution in [2.45, 2.75) is 121 Å². The summed E-state index contributed by atoms with van der Waals surface area (Å²) >= 11 is 0. The average Bonchev–Trinajstić information content (AvgIpc) is 3.97. The Morgan fingerprint density at radius 2 is 1.58 bits per heavy atom. The van der Waals surface area contributed by atoms with E-state index in [0.717, 1.165) is 19.3 Å². The normalized spacial score (nSPS) is 19.9. The maximum atomic E-state index is 14.4. The van der Waals surface area contributed by atoms with Gasteiger partial charge in [0.25, 0.3) is 11.8 Å². The molecular formula is C46H64N10O10. The van der Waals surface area contributed by atoms with Crippen molar-refractivity contribution in [3.63, 3.8) is 0 Å². The Hall–Kier alpha value is -6.47. The van der Waals surface area contributed by atoms with Crippen LogP contribution in [-0.2, 0) is 38.3 Å². The number of likely N-dealkylation sites (N-methyl/N-ethyl adjacent to an activating group) is 1. The van der Waals surface area contributed by atoms with Crippen molar-refractivity contribution in [1.29, 1.82) is 0 Å². The second kappa shape index (κ2) is 23.1. The lowest BCUT2D eigenvalue weighted by molar-refractivity contribution is -0.142. The summed E-state index contributed by atoms with van der Waals surface area (Å²) in [5.74, 6) is -6.82. The van der Waals surface area contributed by atoms with E-state index < -0.39 is 101 Å². The highest BCUT2D eigenvalue weighted by atomic mass is 16.6. The number of ketones is 1. The van der Waals surface area contributed by atoms with E-state index in [2.05, 4.69) is 36.6 Å². The molecule has 3 aliphatic rings. The summed E-state index contributed by atoms with van der Waals surface area (Å²) in [7, 11) is 3.08. The van der Waals surface area contributed by atoms with Gasteiger partial charge in [-0.3, -0.25) is 43.3 Å². The Morgan fingerprint density at radius 3 is 2.21 bits per heavy atom. The molecule has 2 aliphatic heterocycles. The van der Waals surface area contributed by atoms with E-state index in [4.69, 9.17) is 4.74 Å². The predicted molar refractivity (Wildman–Crippen MR) is 239 cm³/mol. The van der Waals surface area contributed by atoms with Crippen LogP contribution in [0.15, 0.2) is 48.9 Å². The number of carbonyl (C=O) groups excluding carboxylic acids is 9. The highest BCUT2D eigenvalue weighted by Crippen LogP contribution is 2.30. The minimum absolute atomic E-state index is 0.0474. The van der Waals surface area contributed by atoms with Crippen LogP contribution in [0, 0.1) is 11.8 Å². The van der Waals surface area contributed by atoms with Gasteiger partial charge in [-0.2, -0.15) is 0 Å². The fraction of sp³-hybridized carbons (Fsp3) is 0.587. The first kappa shape index (κ1) is 50.5. The van der Waals surface area contributed by atoms with E-state index in [0.29, 0.717) is 37.7 Å². The maximum Gasteiger partial charge on any atom is 0.410 e. The highest BCUT2D eigenvalue weighted by Gasteiger charge is 2.46. The van der Waals surface area contributed by atoms with Gasteiger partial charge in [-0.15, -0.1) is 0 Å². The second-order valence-electron chi connectivity index (χ2n) is 18.3. The molecule has 3 fully saturated rings. The van der Waals surface area contributed by atoms with Crippen LogP contribution in [0.4, 0.5) is 4.79 Å². The molecule has 8 amide bonds. The summed E-state index contributed by atoms with van der Waals surface area (Å²) in [6.45, 7) is 6.09. The fourth-order valence-electron chi connectivity index (χ4n) is 8.58. The number of hydrogen-bond acceptors (Lipinski definition) is 12. The second-order valence-corrected chi connectivity index (χ2v) is 18.3. The molecule has 0 spiro atoms. The molecule has 5 N–H and O–H groups in total. The number of ether oxygens (including phenoxy) is 1. The molecule has 0 bridgehead atoms. The minimum Gasteiger partial charge on any atom is -0.444 e. The van der Waals surface area contributed by atoms with Gasteiger partial charge in [-0.05, 0) is 64.4 Å². The first-order valence-electron chi connectivity index (χ1n) is 22.7. The van der Waals surface area contributed by atoms with Crippen LogP contribution in [0.2, 0.25) is 0 Å². The molecule has 3 heterocycles. The molecule has 1 aliphatic carbocycles. The summed E-state index contributed by atoms with van der Waals surface area (Å²) < 4.78 is 5.59. The number of nitrogens with zero attached hydrogens (tertiary/aromatic N) is 5. The van der Waals surface area contributed by atoms with Crippen molar-refractivity contribution in [1.82, 2.24) is 51.3 Å². The van der Waals surface area contributed by atoms with E-state index >= 15 is 0 Å². The standard InChI is InChI=1S/C46H64N10O10/c1-7-15-31(38(58)42(62)49-25-35(57)52-36(43(63)54(5)6)28-16-10-8-11-17-28)50-39(59)30-26-55(45(65)66-46(2,3)4)27-33(30)51-41(61)34-20-14-23-56(34)44(64)37(29-18-12-9-13-19-29)53-40(60)32-24-47-21-22-48-32/h8,10-11,16-17,21-22,24,29-31,33-34,36-37H,7,9,12-15,18-20,23,25-27H2,1-6H3,(H,49,62)(H,50,59)(H,51,61)(H,52,57)(H,53,60)/t30-,31+,33+,34+,36+,37+/m1/s1. The van der Waals surface area contributed by atoms with Crippen LogP contribution in [0.5, 0.6) is 0 Å². The third-order valence-electron chi connectivity index (χ3n) is 11.9. The lowest BCUT2D eigenvalue weighted by Gasteiger charge is -2.35. The molecule has 1 aromatic heterocycles. The third kappa shape index (κ3) is 13.5. The van der Waals surface area contributed by atoms with Crippen molar-refractivity contribution in [2.75, 3.05) is 40.3 Å². The van der Waals surface area contributed by atoms with Gasteiger partial charge >= 0.3 is 6.09 Å². The number of Topliss-reactive ketones (excluding diaryl/α,β-unsaturated/α-hetero) is 1. The third-order valence-corrected chi connectivity index (χ3v) is 11.9. The van der Waals surface area contributed by atoms with Crippen LogP contribution in [-0.4, -0.2) is 148 Å². The summed E-state index contributed by atoms with van der Waals surface area (Å²) in [6, 6.07) is 3.28. The molecule has 6 atom stereocenters. The van der Waals surface area contributed by atoms with Crippen LogP contribution < -0.4 is 26.6 Å². The molecule has 0 radical (unpaired) electrons. The van der Waals surface area contributed by atoms with Crippen LogP contribution in [0.1, 0.15) is 108 Å². The largest absolute Gasteiger partial charge is 0.444 e. The SMILES string of the molecule is CCC[C@H](NC(=O)[C@@H]1CN(C(=O)OC(C)(C)C)C[C@@H]1NC(=O)[C@@H]1CCCN1C(=O)[C@@H](NC(=O)c1cnccn1)C1CCCCC1)C(=O)C(=O)NCC(=O)N[C@H](C(=O)N(C)C)c1ccccc1. The number of hydrogen-bond donors (Lipinski definition) is 5. The van der Waals surface area contributed by atoms with Crippen LogP contribution in [0.3, 0.4) is 0 Å². The smallest absolute Gasteiger partial charge is 0.410 e. The Balaban J connectivity index is 1.28. The number of amides is 8. The molecule has 2 saturated heterocycles. The number of rotatable bonds is 17. The van der Waals surface area contributed by atoms with Gasteiger partial charge in [0.05, 0.1) is 30.7 Å². The Labute approximate surface area is 385 Å². The van der Waals surface area contributed by atoms with Crippen LogP contribution in [0.25, 0.3) is 0 Å². The minimum atomic E-state index is -1.33. The quantitative estimate of drug-likeness (QED) is 0.141. The van der Waals surface area contributed by atoms with Crippen molar-refractivity contribution in [2.24, 2.45) is 11.8 Å². The number of aromatic nitrogens is 2. The van der Waals surface area contributed by atoms with E-state index in [1.165, 1.54) is 47.4 Å². The van der Waals surface area contributed by atoms with Gasteiger partial charge in [0.2, 0.25) is 35.3 Å². The predicted octanol–water partition coefficient (Wildman–Crippen LogP) is 1.41. The van der Waals surface area contributed by atoms with Gasteiger partial charge < -0.3 is 46.0 Å². The lowest BCUT2D eigenvalue weighted by Crippen LogP contribution is -2.58. The first-order chi connectivity index (χ1) is 31.4. The molecule has 1 saturated carbocycles. The van der Waals surface area contributed by atoms with Crippen molar-refractivity contribution in [3.8, 4) is 0 Å². The Kier molecular flexibility index (Phi) is 17.7. The number of nitrogens with one attached hydrogen (secondary N) is 5. The van der Waals surface area contributed by atoms with E-state index in [9.17, 15) is 43.2 Å². The molecular weight excluding hydrogens is 853 g/mol. The summed E-state index contributed by atoms with van der Waals surface area (Å²) in [5, 5.41) is 13.4. The topological polar surface area (TPSA) is 259 Å². The van der Waals surface area contributed by atoms with Gasteiger partial charge in [0.15, 0.2) is 0 Å². The number of carbonyl (C=O) groups is 9. The lowest BCUT2D eigenvalue weighted by atomic mass is 9.83. The van der Waals surface area contributed by atoms with Gasteiger partial charge in [0, 0.05) is 46.1 Å². The van der Waals surface area contributed by atoms with Gasteiger partial charge in [0.1, 0.15) is 29.4 Å². The zero-order valence-corrected chi connectivity index (χ0v) is 38.7. The highest BCUT2D eigenvalue weighted by molar-refractivity contribution is 6.38. The van der Waals surface area contributed by atoms with E-state index in [1.807, 2.05) is 0 Å².